The molecule has 0 N–H and O–H groups in total. The molecule has 0 fully saturated rings. The average Bonchev–Trinajstić information content (AvgIpc) is 3.33. The van der Waals surface area contributed by atoms with Gasteiger partial charge in [0.1, 0.15) is 13.2 Å². The monoisotopic (exact) mass is 925 g/mol. The minimum atomic E-state index is -0.867. The summed E-state index contributed by atoms with van der Waals surface area (Å²) in [6.07, 6.45) is 76.2. The summed E-state index contributed by atoms with van der Waals surface area (Å²) in [4.78, 5) is 37.9. The lowest BCUT2D eigenvalue weighted by molar-refractivity contribution is -0.166. The Hall–Kier alpha value is -4.45. The molecule has 0 rings (SSSR count). The Morgan fingerprint density at radius 3 is 1.07 bits per heavy atom. The van der Waals surface area contributed by atoms with E-state index in [1.807, 2.05) is 18.2 Å². The van der Waals surface area contributed by atoms with Crippen molar-refractivity contribution < 1.29 is 28.6 Å². The Labute approximate surface area is 411 Å². The van der Waals surface area contributed by atoms with Crippen LogP contribution in [0.25, 0.3) is 0 Å². The van der Waals surface area contributed by atoms with Gasteiger partial charge in [0, 0.05) is 12.8 Å². The molecule has 6 heteroatoms. The lowest BCUT2D eigenvalue weighted by atomic mass is 10.1. The number of carbonyl (C=O) groups is 3. The third-order valence-electron chi connectivity index (χ3n) is 10.7. The van der Waals surface area contributed by atoms with Gasteiger partial charge in [-0.1, -0.05) is 225 Å². The third-order valence-corrected chi connectivity index (χ3v) is 10.7. The van der Waals surface area contributed by atoms with Crippen LogP contribution >= 0.6 is 0 Å². The topological polar surface area (TPSA) is 78.9 Å². The van der Waals surface area contributed by atoms with Crippen LogP contribution in [-0.2, 0) is 28.6 Å². The predicted octanol–water partition coefficient (Wildman–Crippen LogP) is 17.9. The Bertz CT molecular complexity index is 1480. The summed E-state index contributed by atoms with van der Waals surface area (Å²) < 4.78 is 16.6. The van der Waals surface area contributed by atoms with E-state index in [0.29, 0.717) is 19.3 Å². The first-order valence-electron chi connectivity index (χ1n) is 26.7. The number of allylic oxidation sites excluding steroid dienone is 21. The van der Waals surface area contributed by atoms with Crippen molar-refractivity contribution in [3.05, 3.63) is 134 Å². The van der Waals surface area contributed by atoms with E-state index in [1.165, 1.54) is 83.5 Å². The first kappa shape index (κ1) is 62.5. The molecule has 0 saturated heterocycles. The molecule has 0 spiro atoms. The second kappa shape index (κ2) is 54.2. The second-order valence-corrected chi connectivity index (χ2v) is 17.0. The van der Waals surface area contributed by atoms with Crippen LogP contribution in [0.15, 0.2) is 134 Å². The normalized spacial score (nSPS) is 13.2. The highest BCUT2D eigenvalue weighted by Gasteiger charge is 2.19. The summed E-state index contributed by atoms with van der Waals surface area (Å²) in [6, 6.07) is 0. The van der Waals surface area contributed by atoms with Crippen molar-refractivity contribution in [2.24, 2.45) is 0 Å². The SMILES string of the molecule is CC/C=C\C/C=C\C/C=C\C/C=C\C/C=C\CC(=O)OC(COC(=O)CC/C=C\C/C=C\C/C=C\C/C=C\CC)COC(=O)CCCCCCCCCCC/C=C\C/C=C\CCCCCCC. The van der Waals surface area contributed by atoms with Gasteiger partial charge in [-0.05, 0) is 103 Å². The number of unbranched alkanes of at least 4 members (excludes halogenated alkanes) is 14. The van der Waals surface area contributed by atoms with Crippen molar-refractivity contribution in [3.8, 4) is 0 Å². The third kappa shape index (κ3) is 52.4. The maximum atomic E-state index is 12.7. The highest BCUT2D eigenvalue weighted by molar-refractivity contribution is 5.72. The summed E-state index contributed by atoms with van der Waals surface area (Å²) >= 11 is 0. The molecule has 0 saturated carbocycles. The molecule has 0 aromatic heterocycles. The zero-order valence-corrected chi connectivity index (χ0v) is 42.9. The van der Waals surface area contributed by atoms with Gasteiger partial charge in [0.15, 0.2) is 6.10 Å². The fraction of sp³-hybridized carbons (Fsp3) is 0.590. The summed E-state index contributed by atoms with van der Waals surface area (Å²) in [5.74, 6) is -1.17. The van der Waals surface area contributed by atoms with E-state index in [2.05, 4.69) is 130 Å². The molecule has 0 radical (unpaired) electrons. The van der Waals surface area contributed by atoms with Crippen molar-refractivity contribution >= 4 is 17.9 Å². The van der Waals surface area contributed by atoms with Crippen LogP contribution in [0, 0.1) is 0 Å². The molecule has 1 atom stereocenters. The fourth-order valence-corrected chi connectivity index (χ4v) is 6.74. The van der Waals surface area contributed by atoms with Crippen molar-refractivity contribution in [1.82, 2.24) is 0 Å². The second-order valence-electron chi connectivity index (χ2n) is 17.0. The van der Waals surface area contributed by atoms with E-state index in [1.54, 1.807) is 6.08 Å². The van der Waals surface area contributed by atoms with Gasteiger partial charge in [0.05, 0.1) is 6.42 Å². The van der Waals surface area contributed by atoms with Gasteiger partial charge in [-0.25, -0.2) is 0 Å². The molecule has 0 aliphatic heterocycles. The van der Waals surface area contributed by atoms with Gasteiger partial charge in [-0.3, -0.25) is 14.4 Å². The predicted molar refractivity (Wildman–Crippen MR) is 288 cm³/mol. The molecule has 0 amide bonds. The molecule has 1 unspecified atom stereocenters. The molecule has 67 heavy (non-hydrogen) atoms. The number of hydrogen-bond acceptors (Lipinski definition) is 6. The van der Waals surface area contributed by atoms with E-state index in [4.69, 9.17) is 14.2 Å². The lowest BCUT2D eigenvalue weighted by Gasteiger charge is -2.18. The van der Waals surface area contributed by atoms with E-state index in [-0.39, 0.29) is 38.0 Å². The van der Waals surface area contributed by atoms with Crippen LogP contribution in [-0.4, -0.2) is 37.2 Å². The number of rotatable bonds is 46. The quantitative estimate of drug-likeness (QED) is 0.0262. The highest BCUT2D eigenvalue weighted by Crippen LogP contribution is 2.13. The van der Waals surface area contributed by atoms with Crippen molar-refractivity contribution in [1.29, 1.82) is 0 Å². The Morgan fingerprint density at radius 1 is 0.328 bits per heavy atom. The van der Waals surface area contributed by atoms with Gasteiger partial charge in [0.2, 0.25) is 0 Å². The number of carbonyl (C=O) groups excluding carboxylic acids is 3. The molecule has 0 aromatic rings. The Kier molecular flexibility index (Phi) is 50.6. The standard InChI is InChI=1S/C61H96O6/c1-4-7-10-13-16-19-22-25-27-28-29-30-31-32-34-36-39-42-45-48-51-54-60(63)66-57-58(56-65-59(62)53-50-47-44-41-38-35-24-21-18-15-12-9-6-3)67-61(64)55-52-49-46-43-40-37-33-26-23-20-17-14-11-8-5-2/h8-9,11-12,17-18,20-22,25-26,28-29,33,35,38,40,43-44,47,49,52,58H,4-7,10,13-16,19,23-24,27,30-32,34,36-37,39,41-42,45-46,48,50-51,53-57H2,1-3H3/b11-8-,12-9-,20-17-,21-18-,25-22-,29-28-,33-26-,38-35-,43-40-,47-44-,52-49-. The van der Waals surface area contributed by atoms with Crippen LogP contribution in [0.4, 0.5) is 0 Å². The summed E-state index contributed by atoms with van der Waals surface area (Å²) in [5.41, 5.74) is 0. The fourth-order valence-electron chi connectivity index (χ4n) is 6.74. The Morgan fingerprint density at radius 2 is 0.657 bits per heavy atom. The van der Waals surface area contributed by atoms with Gasteiger partial charge in [-0.2, -0.15) is 0 Å². The van der Waals surface area contributed by atoms with Crippen molar-refractivity contribution in [3.63, 3.8) is 0 Å². The smallest absolute Gasteiger partial charge is 0.310 e. The number of esters is 3. The molecule has 0 bridgehead atoms. The molecule has 0 heterocycles. The number of hydrogen-bond donors (Lipinski definition) is 0. The average molecular weight is 925 g/mol. The minimum Gasteiger partial charge on any atom is -0.462 e. The molecule has 0 aromatic carbocycles. The van der Waals surface area contributed by atoms with Crippen LogP contribution < -0.4 is 0 Å². The van der Waals surface area contributed by atoms with E-state index in [9.17, 15) is 14.4 Å². The number of ether oxygens (including phenoxy) is 3. The van der Waals surface area contributed by atoms with E-state index >= 15 is 0 Å². The molecule has 0 aliphatic rings. The lowest BCUT2D eigenvalue weighted by Crippen LogP contribution is -2.30. The van der Waals surface area contributed by atoms with Crippen molar-refractivity contribution in [2.45, 2.75) is 219 Å². The van der Waals surface area contributed by atoms with Gasteiger partial charge >= 0.3 is 17.9 Å². The van der Waals surface area contributed by atoms with E-state index in [0.717, 1.165) is 77.0 Å². The van der Waals surface area contributed by atoms with Gasteiger partial charge in [0.25, 0.3) is 0 Å². The van der Waals surface area contributed by atoms with Crippen molar-refractivity contribution in [2.75, 3.05) is 13.2 Å². The zero-order chi connectivity index (χ0) is 48.6. The molecule has 0 aliphatic carbocycles. The van der Waals surface area contributed by atoms with Crippen LogP contribution in [0.2, 0.25) is 0 Å². The van der Waals surface area contributed by atoms with E-state index < -0.39 is 12.1 Å². The van der Waals surface area contributed by atoms with Crippen LogP contribution in [0.1, 0.15) is 213 Å². The van der Waals surface area contributed by atoms with Gasteiger partial charge in [-0.15, -0.1) is 0 Å². The largest absolute Gasteiger partial charge is 0.462 e. The molecule has 376 valence electrons. The maximum absolute atomic E-state index is 12.7. The van der Waals surface area contributed by atoms with Gasteiger partial charge < -0.3 is 14.2 Å². The van der Waals surface area contributed by atoms with Crippen LogP contribution in [0.3, 0.4) is 0 Å². The summed E-state index contributed by atoms with van der Waals surface area (Å²) in [5, 5.41) is 0. The Balaban J connectivity index is 4.54. The zero-order valence-electron chi connectivity index (χ0n) is 42.9. The molecular weight excluding hydrogens is 829 g/mol. The molecular formula is C61H96O6. The minimum absolute atomic E-state index is 0.0759. The molecule has 6 nitrogen and oxygen atoms in total. The first-order valence-corrected chi connectivity index (χ1v) is 26.7. The maximum Gasteiger partial charge on any atom is 0.310 e. The highest BCUT2D eigenvalue weighted by atomic mass is 16.6. The van der Waals surface area contributed by atoms with Crippen LogP contribution in [0.5, 0.6) is 0 Å². The first-order chi connectivity index (χ1) is 33.0. The summed E-state index contributed by atoms with van der Waals surface area (Å²) in [6.45, 7) is 6.23. The summed E-state index contributed by atoms with van der Waals surface area (Å²) in [7, 11) is 0.